The van der Waals surface area contributed by atoms with E-state index in [-0.39, 0.29) is 17.9 Å². The van der Waals surface area contributed by atoms with Gasteiger partial charge in [0.05, 0.1) is 18.5 Å². The maximum absolute atomic E-state index is 13.3. The summed E-state index contributed by atoms with van der Waals surface area (Å²) in [5, 5.41) is 8.55. The van der Waals surface area contributed by atoms with Gasteiger partial charge in [0.1, 0.15) is 11.4 Å². The summed E-state index contributed by atoms with van der Waals surface area (Å²) in [5.41, 5.74) is 5.72. The molecule has 4 rings (SSSR count). The third-order valence-corrected chi connectivity index (χ3v) is 5.98. The summed E-state index contributed by atoms with van der Waals surface area (Å²) in [6.07, 6.45) is 0.545. The fourth-order valence-corrected chi connectivity index (χ4v) is 4.20. The molecule has 0 aliphatic heterocycles. The molecule has 7 nitrogen and oxygen atoms in total. The third-order valence-electron chi connectivity index (χ3n) is 5.98. The second kappa shape index (κ2) is 8.94. The van der Waals surface area contributed by atoms with Crippen LogP contribution in [-0.2, 0) is 18.3 Å². The average Bonchev–Trinajstić information content (AvgIpc) is 3.15. The van der Waals surface area contributed by atoms with Crippen LogP contribution in [0.4, 0.5) is 5.69 Å². The van der Waals surface area contributed by atoms with Crippen molar-refractivity contribution in [1.29, 1.82) is 0 Å². The first-order valence-electron chi connectivity index (χ1n) is 10.9. The van der Waals surface area contributed by atoms with Gasteiger partial charge in [-0.2, -0.15) is 5.10 Å². The Labute approximate surface area is 192 Å². The standard InChI is InChI=1S/C26H28N4O3/c1-16-9-11-20(12-10-16)30-25-24(18(3)28-30)17(2)22(26(32)29(25)4)13-14-23(31)27-19-7-6-8-21(15-19)33-5/h6-12,15H,13-14H2,1-5H3,(H,27,31). The van der Waals surface area contributed by atoms with Crippen molar-refractivity contribution in [2.45, 2.75) is 33.6 Å². The number of fused-ring (bicyclic) bond motifs is 1. The molecule has 4 aromatic rings. The van der Waals surface area contributed by atoms with E-state index in [4.69, 9.17) is 9.84 Å². The first kappa shape index (κ1) is 22.3. The molecule has 1 N–H and O–H groups in total. The minimum absolute atomic E-state index is 0.109. The van der Waals surface area contributed by atoms with Crippen molar-refractivity contribution in [3.8, 4) is 11.4 Å². The van der Waals surface area contributed by atoms with Crippen LogP contribution in [0.1, 0.15) is 28.8 Å². The van der Waals surface area contributed by atoms with Gasteiger partial charge in [-0.25, -0.2) is 4.68 Å². The van der Waals surface area contributed by atoms with E-state index in [0.29, 0.717) is 23.4 Å². The molecule has 1 amide bonds. The largest absolute Gasteiger partial charge is 0.497 e. The molecule has 0 radical (unpaired) electrons. The highest BCUT2D eigenvalue weighted by molar-refractivity contribution is 5.91. The molecular weight excluding hydrogens is 416 g/mol. The number of methoxy groups -OCH3 is 1. The van der Waals surface area contributed by atoms with E-state index in [1.54, 1.807) is 30.9 Å². The minimum atomic E-state index is -0.156. The molecule has 33 heavy (non-hydrogen) atoms. The predicted molar refractivity (Wildman–Crippen MR) is 130 cm³/mol. The summed E-state index contributed by atoms with van der Waals surface area (Å²) in [6, 6.07) is 15.2. The molecule has 0 aliphatic rings. The zero-order chi connectivity index (χ0) is 23.7. The Morgan fingerprint density at radius 1 is 1.09 bits per heavy atom. The number of nitrogens with zero attached hydrogens (tertiary/aromatic N) is 3. The maximum Gasteiger partial charge on any atom is 0.255 e. The number of ether oxygens (including phenoxy) is 1. The van der Waals surface area contributed by atoms with Gasteiger partial charge in [-0.05, 0) is 57.0 Å². The van der Waals surface area contributed by atoms with Crippen LogP contribution in [0, 0.1) is 20.8 Å². The summed E-state index contributed by atoms with van der Waals surface area (Å²) in [6.45, 7) is 5.92. The van der Waals surface area contributed by atoms with Crippen LogP contribution in [0.5, 0.6) is 5.75 Å². The SMILES string of the molecule is COc1cccc(NC(=O)CCc2c(C)c3c(C)nn(-c4ccc(C)cc4)c3n(C)c2=O)c1. The molecule has 0 saturated carbocycles. The van der Waals surface area contributed by atoms with Crippen molar-refractivity contribution in [1.82, 2.24) is 14.3 Å². The van der Waals surface area contributed by atoms with Crippen molar-refractivity contribution in [3.05, 3.63) is 81.3 Å². The van der Waals surface area contributed by atoms with Crippen LogP contribution in [0.25, 0.3) is 16.7 Å². The number of aromatic nitrogens is 3. The Balaban J connectivity index is 1.65. The zero-order valence-corrected chi connectivity index (χ0v) is 19.6. The summed E-state index contributed by atoms with van der Waals surface area (Å²) in [4.78, 5) is 25.8. The van der Waals surface area contributed by atoms with E-state index in [0.717, 1.165) is 33.5 Å². The summed E-state index contributed by atoms with van der Waals surface area (Å²) in [7, 11) is 3.34. The molecule has 170 valence electrons. The summed E-state index contributed by atoms with van der Waals surface area (Å²) >= 11 is 0. The Bertz CT molecular complexity index is 1400. The lowest BCUT2D eigenvalue weighted by Crippen LogP contribution is -2.25. The van der Waals surface area contributed by atoms with E-state index in [2.05, 4.69) is 5.32 Å². The smallest absolute Gasteiger partial charge is 0.255 e. The Morgan fingerprint density at radius 2 is 1.82 bits per heavy atom. The topological polar surface area (TPSA) is 78.2 Å². The Morgan fingerprint density at radius 3 is 2.52 bits per heavy atom. The van der Waals surface area contributed by atoms with E-state index in [1.165, 1.54) is 0 Å². The van der Waals surface area contributed by atoms with Gasteiger partial charge in [0.15, 0.2) is 0 Å². The fourth-order valence-electron chi connectivity index (χ4n) is 4.20. The van der Waals surface area contributed by atoms with Crippen LogP contribution in [-0.4, -0.2) is 27.4 Å². The summed E-state index contributed by atoms with van der Waals surface area (Å²) in [5.74, 6) is 0.515. The average molecular weight is 445 g/mol. The van der Waals surface area contributed by atoms with Crippen LogP contribution in [0.2, 0.25) is 0 Å². The van der Waals surface area contributed by atoms with E-state index in [1.807, 2.05) is 61.9 Å². The minimum Gasteiger partial charge on any atom is -0.497 e. The number of rotatable bonds is 6. The maximum atomic E-state index is 13.3. The lowest BCUT2D eigenvalue weighted by Gasteiger charge is -2.13. The second-order valence-corrected chi connectivity index (χ2v) is 8.28. The first-order chi connectivity index (χ1) is 15.8. The number of hydrogen-bond acceptors (Lipinski definition) is 4. The highest BCUT2D eigenvalue weighted by Gasteiger charge is 2.20. The van der Waals surface area contributed by atoms with Gasteiger partial charge in [-0.15, -0.1) is 0 Å². The van der Waals surface area contributed by atoms with Crippen molar-refractivity contribution in [2.24, 2.45) is 7.05 Å². The third kappa shape index (κ3) is 4.26. The fraction of sp³-hybridized carbons (Fsp3) is 0.269. The number of benzene rings is 2. The van der Waals surface area contributed by atoms with Gasteiger partial charge in [0.2, 0.25) is 5.91 Å². The number of hydrogen-bond donors (Lipinski definition) is 1. The number of pyridine rings is 1. The monoisotopic (exact) mass is 444 g/mol. The van der Waals surface area contributed by atoms with Gasteiger partial charge in [-0.1, -0.05) is 23.8 Å². The zero-order valence-electron chi connectivity index (χ0n) is 19.6. The normalized spacial score (nSPS) is 11.1. The molecule has 2 heterocycles. The van der Waals surface area contributed by atoms with Crippen molar-refractivity contribution >= 4 is 22.6 Å². The van der Waals surface area contributed by atoms with Crippen molar-refractivity contribution < 1.29 is 9.53 Å². The number of aryl methyl sites for hydroxylation is 4. The number of amides is 1. The van der Waals surface area contributed by atoms with Gasteiger partial charge < -0.3 is 10.1 Å². The lowest BCUT2D eigenvalue weighted by atomic mass is 10.0. The highest BCUT2D eigenvalue weighted by atomic mass is 16.5. The molecule has 2 aromatic heterocycles. The Kier molecular flexibility index (Phi) is 6.05. The first-order valence-corrected chi connectivity index (χ1v) is 10.9. The van der Waals surface area contributed by atoms with Crippen LogP contribution in [0.3, 0.4) is 0 Å². The van der Waals surface area contributed by atoms with E-state index in [9.17, 15) is 9.59 Å². The molecule has 2 aromatic carbocycles. The molecule has 0 unspecified atom stereocenters. The molecule has 0 saturated heterocycles. The lowest BCUT2D eigenvalue weighted by molar-refractivity contribution is -0.116. The number of nitrogens with one attached hydrogen (secondary N) is 1. The number of carbonyl (C=O) groups excluding carboxylic acids is 1. The van der Waals surface area contributed by atoms with Crippen molar-refractivity contribution in [2.75, 3.05) is 12.4 Å². The second-order valence-electron chi connectivity index (χ2n) is 8.28. The molecule has 0 atom stereocenters. The predicted octanol–water partition coefficient (Wildman–Crippen LogP) is 4.23. The molecule has 7 heteroatoms. The van der Waals surface area contributed by atoms with Crippen LogP contribution >= 0.6 is 0 Å². The van der Waals surface area contributed by atoms with Gasteiger partial charge in [0.25, 0.3) is 5.56 Å². The van der Waals surface area contributed by atoms with Crippen molar-refractivity contribution in [3.63, 3.8) is 0 Å². The van der Waals surface area contributed by atoms with E-state index < -0.39 is 0 Å². The molecular formula is C26H28N4O3. The highest BCUT2D eigenvalue weighted by Crippen LogP contribution is 2.26. The number of anilines is 1. The number of carbonyl (C=O) groups is 1. The molecule has 0 bridgehead atoms. The quantitative estimate of drug-likeness (QED) is 0.483. The van der Waals surface area contributed by atoms with Gasteiger partial charge >= 0.3 is 0 Å². The molecule has 0 aliphatic carbocycles. The van der Waals surface area contributed by atoms with Crippen LogP contribution in [0.15, 0.2) is 53.3 Å². The van der Waals surface area contributed by atoms with Gasteiger partial charge in [0, 0.05) is 36.2 Å². The van der Waals surface area contributed by atoms with Crippen LogP contribution < -0.4 is 15.6 Å². The van der Waals surface area contributed by atoms with E-state index >= 15 is 0 Å². The summed E-state index contributed by atoms with van der Waals surface area (Å²) < 4.78 is 8.65. The Hall–Kier alpha value is -3.87. The molecule has 0 fully saturated rings. The molecule has 0 spiro atoms. The van der Waals surface area contributed by atoms with Gasteiger partial charge in [-0.3, -0.25) is 14.2 Å².